The molecule has 1 atom stereocenters. The summed E-state index contributed by atoms with van der Waals surface area (Å²) >= 11 is 0. The van der Waals surface area contributed by atoms with E-state index in [-0.39, 0.29) is 17.4 Å². The number of methoxy groups -OCH3 is 1. The van der Waals surface area contributed by atoms with Gasteiger partial charge < -0.3 is 15.4 Å². The smallest absolute Gasteiger partial charge is 0.326 e. The number of carbonyl (C=O) groups is 3. The quantitative estimate of drug-likeness (QED) is 0.628. The van der Waals surface area contributed by atoms with Gasteiger partial charge in [-0.05, 0) is 42.3 Å². The average molecular weight is 458 g/mol. The van der Waals surface area contributed by atoms with Crippen LogP contribution in [0.15, 0.2) is 54.9 Å². The van der Waals surface area contributed by atoms with Gasteiger partial charge in [0.2, 0.25) is 11.8 Å². The van der Waals surface area contributed by atoms with Crippen LogP contribution in [0.2, 0.25) is 0 Å². The molecule has 1 saturated heterocycles. The monoisotopic (exact) mass is 458 g/mol. The minimum Gasteiger partial charge on any atom is -0.480 e. The van der Waals surface area contributed by atoms with E-state index >= 15 is 0 Å². The zero-order valence-corrected chi connectivity index (χ0v) is 18.9. The lowest BCUT2D eigenvalue weighted by Crippen LogP contribution is -2.41. The summed E-state index contributed by atoms with van der Waals surface area (Å²) in [6.45, 7) is 0.618. The third-order valence-electron chi connectivity index (χ3n) is 5.81. The summed E-state index contributed by atoms with van der Waals surface area (Å²) in [6, 6.07) is 14.0. The Balaban J connectivity index is 1.59. The molecule has 9 nitrogen and oxygen atoms in total. The van der Waals surface area contributed by atoms with Gasteiger partial charge in [-0.2, -0.15) is 0 Å². The molecule has 4 amide bonds. The third-order valence-corrected chi connectivity index (χ3v) is 5.81. The van der Waals surface area contributed by atoms with Crippen molar-refractivity contribution in [1.29, 1.82) is 0 Å². The van der Waals surface area contributed by atoms with Gasteiger partial charge in [0.25, 0.3) is 5.91 Å². The summed E-state index contributed by atoms with van der Waals surface area (Å²) in [6.07, 6.45) is 4.28. The molecule has 9 heteroatoms. The van der Waals surface area contributed by atoms with Crippen molar-refractivity contribution in [3.63, 3.8) is 0 Å². The van der Waals surface area contributed by atoms with Gasteiger partial charge in [-0.3, -0.25) is 14.6 Å². The highest BCUT2D eigenvalue weighted by Gasteiger charge is 2.26. The number of primary amides is 1. The Labute approximate surface area is 197 Å². The lowest BCUT2D eigenvalue weighted by Gasteiger charge is -2.30. The predicted octanol–water partition coefficient (Wildman–Crippen LogP) is 3.01. The van der Waals surface area contributed by atoms with Crippen LogP contribution in [0.1, 0.15) is 34.7 Å². The number of imide groups is 1. The average Bonchev–Trinajstić information content (AvgIpc) is 2.86. The van der Waals surface area contributed by atoms with Crippen LogP contribution < -0.4 is 15.4 Å². The number of hydrogen-bond donors (Lipinski definition) is 1. The number of urea groups is 1. The van der Waals surface area contributed by atoms with E-state index < -0.39 is 11.9 Å². The first-order valence-corrected chi connectivity index (χ1v) is 10.7. The zero-order valence-electron chi connectivity index (χ0n) is 18.9. The largest absolute Gasteiger partial charge is 0.480 e. The Kier molecular flexibility index (Phi) is 6.53. The van der Waals surface area contributed by atoms with Gasteiger partial charge in [-0.1, -0.05) is 18.2 Å². The summed E-state index contributed by atoms with van der Waals surface area (Å²) in [5.41, 5.74) is 8.22. The van der Waals surface area contributed by atoms with Crippen molar-refractivity contribution in [2.45, 2.75) is 18.8 Å². The molecular formula is C25H24N5O4. The number of hydrogen-bond acceptors (Lipinski definition) is 6. The third kappa shape index (κ3) is 4.73. The molecule has 4 rings (SSSR count). The van der Waals surface area contributed by atoms with E-state index in [9.17, 15) is 14.4 Å². The van der Waals surface area contributed by atoms with Crippen LogP contribution in [0.25, 0.3) is 11.3 Å². The van der Waals surface area contributed by atoms with Gasteiger partial charge in [0.05, 0.1) is 30.9 Å². The van der Waals surface area contributed by atoms with E-state index in [0.717, 1.165) is 16.9 Å². The molecular weight excluding hydrogens is 434 g/mol. The fraction of sp³-hybridized carbons (Fsp3) is 0.240. The van der Waals surface area contributed by atoms with Gasteiger partial charge in [0.1, 0.15) is 0 Å². The van der Waals surface area contributed by atoms with E-state index in [0.29, 0.717) is 35.8 Å². The number of ether oxygens (including phenoxy) is 1. The van der Waals surface area contributed by atoms with Gasteiger partial charge in [0.15, 0.2) is 0 Å². The minimum atomic E-state index is -0.913. The Morgan fingerprint density at radius 1 is 1.24 bits per heavy atom. The maximum Gasteiger partial charge on any atom is 0.326 e. The van der Waals surface area contributed by atoms with Gasteiger partial charge in [0, 0.05) is 37.1 Å². The first-order chi connectivity index (χ1) is 16.4. The van der Waals surface area contributed by atoms with Crippen molar-refractivity contribution in [3.8, 4) is 17.1 Å². The van der Waals surface area contributed by atoms with Crippen molar-refractivity contribution in [2.75, 3.05) is 25.6 Å². The summed E-state index contributed by atoms with van der Waals surface area (Å²) in [7, 11) is 3.28. The second-order valence-electron chi connectivity index (χ2n) is 8.02. The van der Waals surface area contributed by atoms with Crippen molar-refractivity contribution in [3.05, 3.63) is 72.1 Å². The van der Waals surface area contributed by atoms with Crippen molar-refractivity contribution < 1.29 is 19.1 Å². The molecule has 173 valence electrons. The number of rotatable bonds is 5. The van der Waals surface area contributed by atoms with E-state index in [1.54, 1.807) is 54.5 Å². The molecule has 1 fully saturated rings. The number of carbonyl (C=O) groups excluding carboxylic acids is 3. The number of benzene rings is 2. The number of amides is 4. The second kappa shape index (κ2) is 9.70. The molecule has 1 aromatic heterocycles. The highest BCUT2D eigenvalue weighted by atomic mass is 16.5. The molecule has 2 aromatic carbocycles. The van der Waals surface area contributed by atoms with Crippen LogP contribution in [-0.4, -0.2) is 53.4 Å². The minimum absolute atomic E-state index is 0.131. The SMILES string of the molecule is COc1cncc(-c2cccc(N(C(N)=O)C(=O)c3[c]cc(C4CCC(=O)N(C)C4)cc3)c2)n1. The number of aromatic nitrogens is 2. The normalized spacial score (nSPS) is 15.6. The Hall–Kier alpha value is -4.27. The number of likely N-dealkylation sites (tertiary alicyclic amines) is 1. The number of nitrogens with two attached hydrogens (primary N) is 1. The molecule has 1 aliphatic heterocycles. The maximum absolute atomic E-state index is 13.2. The fourth-order valence-corrected chi connectivity index (χ4v) is 3.96. The number of nitrogens with zero attached hydrogens (tertiary/aromatic N) is 4. The van der Waals surface area contributed by atoms with Crippen molar-refractivity contribution >= 4 is 23.5 Å². The maximum atomic E-state index is 13.2. The van der Waals surface area contributed by atoms with E-state index in [4.69, 9.17) is 10.5 Å². The fourth-order valence-electron chi connectivity index (χ4n) is 3.96. The predicted molar refractivity (Wildman–Crippen MR) is 125 cm³/mol. The van der Waals surface area contributed by atoms with Gasteiger partial charge in [-0.15, -0.1) is 0 Å². The van der Waals surface area contributed by atoms with Crippen molar-refractivity contribution in [1.82, 2.24) is 14.9 Å². The summed E-state index contributed by atoms with van der Waals surface area (Å²) < 4.78 is 5.12. The van der Waals surface area contributed by atoms with E-state index in [2.05, 4.69) is 16.0 Å². The number of piperidine rings is 1. The van der Waals surface area contributed by atoms with Crippen LogP contribution in [0.5, 0.6) is 5.88 Å². The highest BCUT2D eigenvalue weighted by Crippen LogP contribution is 2.28. The van der Waals surface area contributed by atoms with Crippen LogP contribution in [0.4, 0.5) is 10.5 Å². The molecule has 0 saturated carbocycles. The van der Waals surface area contributed by atoms with E-state index in [1.807, 2.05) is 6.07 Å². The summed E-state index contributed by atoms with van der Waals surface area (Å²) in [4.78, 5) is 48.3. The molecule has 1 radical (unpaired) electrons. The summed E-state index contributed by atoms with van der Waals surface area (Å²) in [5, 5.41) is 0. The van der Waals surface area contributed by atoms with Gasteiger partial charge in [-0.25, -0.2) is 14.7 Å². The number of likely N-dealkylation sites (N-methyl/N-ethyl adjacent to an activating group) is 1. The van der Waals surface area contributed by atoms with E-state index in [1.165, 1.54) is 13.3 Å². The molecule has 0 bridgehead atoms. The second-order valence-corrected chi connectivity index (χ2v) is 8.02. The Morgan fingerprint density at radius 3 is 2.74 bits per heavy atom. The topological polar surface area (TPSA) is 119 Å². The molecule has 2 N–H and O–H groups in total. The number of anilines is 1. The molecule has 34 heavy (non-hydrogen) atoms. The molecule has 1 unspecified atom stereocenters. The van der Waals surface area contributed by atoms with Crippen LogP contribution >= 0.6 is 0 Å². The standard InChI is InChI=1S/C25H24N5O4/c1-29-15-19(10-11-23(29)31)16-6-8-17(9-7-16)24(32)30(25(26)33)20-5-3-4-18(12-20)21-13-27-14-22(28-21)34-2/h3-8,12-14,19H,10-11,15H2,1-2H3,(H2,26,33). The first kappa shape index (κ1) is 22.9. The first-order valence-electron chi connectivity index (χ1n) is 10.7. The molecule has 0 spiro atoms. The van der Waals surface area contributed by atoms with Gasteiger partial charge >= 0.3 is 6.03 Å². The summed E-state index contributed by atoms with van der Waals surface area (Å²) in [5.74, 6) is 0.0557. The lowest BCUT2D eigenvalue weighted by molar-refractivity contribution is -0.132. The Morgan fingerprint density at radius 2 is 2.06 bits per heavy atom. The van der Waals surface area contributed by atoms with Crippen LogP contribution in [-0.2, 0) is 4.79 Å². The highest BCUT2D eigenvalue weighted by molar-refractivity contribution is 6.20. The zero-order chi connectivity index (χ0) is 24.2. The van der Waals surface area contributed by atoms with Crippen LogP contribution in [0.3, 0.4) is 0 Å². The molecule has 0 aliphatic carbocycles. The Bertz CT molecular complexity index is 1230. The molecule has 1 aliphatic rings. The molecule has 2 heterocycles. The van der Waals surface area contributed by atoms with Crippen LogP contribution in [0, 0.1) is 6.07 Å². The lowest BCUT2D eigenvalue weighted by atomic mass is 9.90. The molecule has 3 aromatic rings. The van der Waals surface area contributed by atoms with Crippen molar-refractivity contribution in [2.24, 2.45) is 5.73 Å².